The molecule has 89 heavy (non-hydrogen) atoms. The standard InChI is InChI=1S/C50H84O39/c1-12-22(57)28(63)38(20(76-12)10-75-45-35(70)39(87-46-32(67)25(60)15(5-53)79-46)21(84-45)11-74-44-31(66)24(59)14(4-52)78-44)86-48-34(69)29(64)37(17(7-55)81-48)85-49-36(71)41(40(72-2)18(8-56)82-49)88-50-42(89-47-33(68)26(61)16(6-54)80-47)27(62)19(83-50)9-73-43-30(65)23(58)13(3-51)77-43/h12-71H,3-11H2,1-2H3/t12?,13-,14-,15-,16-,17-,18-,19-,20-,21-,22+,23-,24-,25-,26-,27-,28-,29-,30+,31+,32+,33+,34-,35+,36-,37+,38+,39-,40+,41-,42+,43+,44+,45+,46-,47-,48?,49?,50-/m1/s1. The first-order chi connectivity index (χ1) is 42.4. The Morgan fingerprint density at radius 2 is 0.517 bits per heavy atom. The van der Waals surface area contributed by atoms with Gasteiger partial charge in [-0.2, -0.15) is 0 Å². The van der Waals surface area contributed by atoms with Crippen LogP contribution in [0.4, 0.5) is 0 Å². The molecule has 518 valence electrons. The molecule has 0 bridgehead atoms. The minimum Gasteiger partial charge on any atom is -0.394 e. The lowest BCUT2D eigenvalue weighted by molar-refractivity contribution is -0.381. The maximum atomic E-state index is 12.0. The van der Waals surface area contributed by atoms with Gasteiger partial charge in [-0.25, -0.2) is 0 Å². The fourth-order valence-electron chi connectivity index (χ4n) is 11.9. The molecule has 9 saturated heterocycles. The van der Waals surface area contributed by atoms with Crippen molar-refractivity contribution < 1.29 is 193 Å². The molecule has 0 aromatic heterocycles. The highest BCUT2D eigenvalue weighted by atomic mass is 16.8. The van der Waals surface area contributed by atoms with Crippen molar-refractivity contribution in [1.82, 2.24) is 0 Å². The lowest BCUT2D eigenvalue weighted by Gasteiger charge is -2.49. The molecule has 0 saturated carbocycles. The van der Waals surface area contributed by atoms with E-state index in [2.05, 4.69) is 0 Å². The van der Waals surface area contributed by atoms with Gasteiger partial charge in [-0.15, -0.1) is 0 Å². The number of hydrogen-bond donors (Lipinski definition) is 21. The molecular weight excluding hydrogens is 1220 g/mol. The van der Waals surface area contributed by atoms with Crippen molar-refractivity contribution in [2.24, 2.45) is 0 Å². The summed E-state index contributed by atoms with van der Waals surface area (Å²) in [6.45, 7) is -5.44. The van der Waals surface area contributed by atoms with Crippen LogP contribution in [0.1, 0.15) is 6.92 Å². The third-order valence-corrected chi connectivity index (χ3v) is 17.1. The van der Waals surface area contributed by atoms with Gasteiger partial charge in [0.25, 0.3) is 0 Å². The highest BCUT2D eigenvalue weighted by Gasteiger charge is 2.59. The second-order valence-electron chi connectivity index (χ2n) is 22.9. The smallest absolute Gasteiger partial charge is 0.187 e. The fraction of sp³-hybridized carbons (Fsp3) is 1.00. The summed E-state index contributed by atoms with van der Waals surface area (Å²) < 4.78 is 104. The Morgan fingerprint density at radius 1 is 0.236 bits per heavy atom. The molecule has 39 nitrogen and oxygen atoms in total. The first-order valence-electron chi connectivity index (χ1n) is 28.8. The molecule has 0 aliphatic carbocycles. The van der Waals surface area contributed by atoms with E-state index in [1.54, 1.807) is 0 Å². The number of hydrogen-bond acceptors (Lipinski definition) is 39. The lowest BCUT2D eigenvalue weighted by atomic mass is 9.94. The molecule has 9 aliphatic rings. The van der Waals surface area contributed by atoms with E-state index in [1.165, 1.54) is 6.92 Å². The van der Waals surface area contributed by atoms with Crippen molar-refractivity contribution in [3.05, 3.63) is 0 Å². The summed E-state index contributed by atoms with van der Waals surface area (Å²) in [5, 5.41) is 224. The van der Waals surface area contributed by atoms with Crippen molar-refractivity contribution in [3.8, 4) is 0 Å². The van der Waals surface area contributed by atoms with Gasteiger partial charge >= 0.3 is 0 Å². The second kappa shape index (κ2) is 31.1. The zero-order chi connectivity index (χ0) is 64.6. The van der Waals surface area contributed by atoms with Crippen LogP contribution in [0.25, 0.3) is 0 Å². The molecule has 3 unspecified atom stereocenters. The Morgan fingerprint density at radius 3 is 0.955 bits per heavy atom. The average molecular weight is 1310 g/mol. The van der Waals surface area contributed by atoms with Gasteiger partial charge in [0.1, 0.15) is 183 Å². The highest BCUT2D eigenvalue weighted by Crippen LogP contribution is 2.39. The summed E-state index contributed by atoms with van der Waals surface area (Å²) in [5.41, 5.74) is 0. The molecule has 9 rings (SSSR count). The molecule has 0 aromatic rings. The lowest BCUT2D eigenvalue weighted by Crippen LogP contribution is -2.67. The van der Waals surface area contributed by atoms with Crippen molar-refractivity contribution in [1.29, 1.82) is 0 Å². The number of ether oxygens (including phenoxy) is 18. The van der Waals surface area contributed by atoms with Gasteiger partial charge in [0.05, 0.1) is 65.6 Å². The molecule has 0 spiro atoms. The van der Waals surface area contributed by atoms with Crippen LogP contribution in [0.15, 0.2) is 0 Å². The number of methoxy groups -OCH3 is 1. The van der Waals surface area contributed by atoms with E-state index in [1.807, 2.05) is 0 Å². The molecular formula is C50H84O39. The second-order valence-corrected chi connectivity index (χ2v) is 22.9. The molecule has 9 aliphatic heterocycles. The van der Waals surface area contributed by atoms with Crippen LogP contribution in [-0.2, 0) is 85.3 Å². The third kappa shape index (κ3) is 14.9. The van der Waals surface area contributed by atoms with Crippen molar-refractivity contribution in [3.63, 3.8) is 0 Å². The Balaban J connectivity index is 0.873. The first-order valence-corrected chi connectivity index (χ1v) is 28.8. The SMILES string of the molecule is CO[C@@H]1[C@H](O[C@H]2O[C@H](CO[C@H]3O[C@H](CO)[C@@H](O)[C@@H]3O)[C@@H](O)[C@@H]2O[C@H]2O[C@H](CO)[C@@H](O)[C@@H]2O)[C@@H](O)C(O[C@@H]2[C@H](O)[C@@H](O)C(O[C@@H]3[C@H](O)[C@@H](O)C(C)O[C@@H]3CO[C@H]3O[C@H](CO[C@H]4O[C@H](CO)[C@@H](O)[C@@H]4O)[C@@H](O[C@H]4O[C@H](CO)[C@@H](O)[C@@H]4O)[C@@H]3O)O[C@@H]2CO)O[C@@H]1CO. The van der Waals surface area contributed by atoms with Crippen LogP contribution in [-0.4, -0.2) is 413 Å². The van der Waals surface area contributed by atoms with Gasteiger partial charge < -0.3 is 193 Å². The molecule has 0 radical (unpaired) electrons. The van der Waals surface area contributed by atoms with Crippen molar-refractivity contribution in [2.45, 2.75) is 246 Å². The topological polar surface area (TPSA) is 591 Å². The van der Waals surface area contributed by atoms with Crippen LogP contribution in [0.5, 0.6) is 0 Å². The van der Waals surface area contributed by atoms with Crippen LogP contribution < -0.4 is 0 Å². The predicted octanol–water partition coefficient (Wildman–Crippen LogP) is -15.1. The molecule has 9 fully saturated rings. The van der Waals surface area contributed by atoms with Crippen LogP contribution in [0.3, 0.4) is 0 Å². The van der Waals surface area contributed by atoms with Gasteiger partial charge in [-0.3, -0.25) is 0 Å². The fourth-order valence-corrected chi connectivity index (χ4v) is 11.9. The van der Waals surface area contributed by atoms with Gasteiger partial charge in [0.15, 0.2) is 50.3 Å². The zero-order valence-electron chi connectivity index (χ0n) is 47.6. The third-order valence-electron chi connectivity index (χ3n) is 17.1. The largest absolute Gasteiger partial charge is 0.394 e. The van der Waals surface area contributed by atoms with Crippen LogP contribution in [0, 0.1) is 0 Å². The van der Waals surface area contributed by atoms with E-state index in [9.17, 15) is 107 Å². The number of aliphatic hydroxyl groups excluding tert-OH is 21. The Kier molecular flexibility index (Phi) is 25.1. The molecule has 0 aromatic carbocycles. The van der Waals surface area contributed by atoms with E-state index >= 15 is 0 Å². The maximum Gasteiger partial charge on any atom is 0.187 e. The van der Waals surface area contributed by atoms with Crippen LogP contribution >= 0.6 is 0 Å². The number of rotatable bonds is 26. The predicted molar refractivity (Wildman–Crippen MR) is 269 cm³/mol. The summed E-state index contributed by atoms with van der Waals surface area (Å²) in [6, 6.07) is 0. The molecule has 9 heterocycles. The van der Waals surface area contributed by atoms with Gasteiger partial charge in [-0.1, -0.05) is 0 Å². The van der Waals surface area contributed by atoms with E-state index in [-0.39, 0.29) is 0 Å². The minimum absolute atomic E-state index is 0.605. The Hall–Kier alpha value is -1.56. The summed E-state index contributed by atoms with van der Waals surface area (Å²) >= 11 is 0. The normalized spacial score (nSPS) is 53.0. The monoisotopic (exact) mass is 1310 g/mol. The van der Waals surface area contributed by atoms with Crippen LogP contribution in [0.2, 0.25) is 0 Å². The zero-order valence-corrected chi connectivity index (χ0v) is 47.6. The molecule has 0 amide bonds. The number of aliphatic hydroxyl groups is 21. The van der Waals surface area contributed by atoms with E-state index in [0.717, 1.165) is 7.11 Å². The van der Waals surface area contributed by atoms with Gasteiger partial charge in [0, 0.05) is 7.11 Å². The summed E-state index contributed by atoms with van der Waals surface area (Å²) in [6.07, 6.45) is -65.4. The Bertz CT molecular complexity index is 2150. The minimum atomic E-state index is -2.20. The quantitative estimate of drug-likeness (QED) is 0.0382. The molecule has 21 N–H and O–H groups in total. The maximum absolute atomic E-state index is 12.0. The molecule has 39 heteroatoms. The first kappa shape index (κ1) is 71.7. The van der Waals surface area contributed by atoms with E-state index in [0.29, 0.717) is 0 Å². The summed E-state index contributed by atoms with van der Waals surface area (Å²) in [7, 11) is 1.13. The summed E-state index contributed by atoms with van der Waals surface area (Å²) in [4.78, 5) is 0. The summed E-state index contributed by atoms with van der Waals surface area (Å²) in [5.74, 6) is 0. The van der Waals surface area contributed by atoms with Crippen molar-refractivity contribution >= 4 is 0 Å². The average Bonchev–Trinajstić information content (AvgIpc) is 2.47. The van der Waals surface area contributed by atoms with E-state index in [4.69, 9.17) is 85.3 Å². The Labute approximate surface area is 504 Å². The van der Waals surface area contributed by atoms with Gasteiger partial charge in [-0.05, 0) is 6.92 Å². The van der Waals surface area contributed by atoms with E-state index < -0.39 is 299 Å². The van der Waals surface area contributed by atoms with Crippen molar-refractivity contribution in [2.75, 3.05) is 66.6 Å². The molecule has 39 atom stereocenters. The van der Waals surface area contributed by atoms with Gasteiger partial charge in [0.2, 0.25) is 0 Å². The highest BCUT2D eigenvalue weighted by molar-refractivity contribution is 5.01.